The Balaban J connectivity index is 2.29. The maximum absolute atomic E-state index is 10.5. The summed E-state index contributed by atoms with van der Waals surface area (Å²) in [6.07, 6.45) is 1.77. The predicted octanol–water partition coefficient (Wildman–Crippen LogP) is 3.07. The highest BCUT2D eigenvalue weighted by atomic mass is 16.6. The molecule has 0 aliphatic heterocycles. The lowest BCUT2D eigenvalue weighted by Crippen LogP contribution is -1.87. The number of nitrogens with zero attached hydrogens (tertiary/aromatic N) is 3. The fourth-order valence-electron chi connectivity index (χ4n) is 1.39. The quantitative estimate of drug-likeness (QED) is 0.613. The number of hydrogen-bond donors (Lipinski definition) is 0. The van der Waals surface area contributed by atoms with Crippen molar-refractivity contribution in [1.82, 2.24) is 10.1 Å². The van der Waals surface area contributed by atoms with Crippen LogP contribution in [0.2, 0.25) is 0 Å². The molecule has 0 atom stereocenters. The van der Waals surface area contributed by atoms with E-state index in [2.05, 4.69) is 10.1 Å². The third kappa shape index (κ3) is 2.60. The fraction of sp³-hybridized carbons (Fsp3) is 0.167. The Morgan fingerprint density at radius 3 is 2.56 bits per heavy atom. The first-order chi connectivity index (χ1) is 8.56. The lowest BCUT2D eigenvalue weighted by Gasteiger charge is -1.93. The van der Waals surface area contributed by atoms with Crippen LogP contribution >= 0.6 is 0 Å². The summed E-state index contributed by atoms with van der Waals surface area (Å²) >= 11 is 0. The van der Waals surface area contributed by atoms with Crippen LogP contribution < -0.4 is 0 Å². The van der Waals surface area contributed by atoms with Crippen molar-refractivity contribution in [2.75, 3.05) is 0 Å². The summed E-state index contributed by atoms with van der Waals surface area (Å²) in [6.45, 7) is 3.85. The molecule has 6 heteroatoms. The first kappa shape index (κ1) is 12.0. The van der Waals surface area contributed by atoms with Gasteiger partial charge in [-0.25, -0.2) is 0 Å². The minimum Gasteiger partial charge on any atom is -0.334 e. The largest absolute Gasteiger partial charge is 0.334 e. The van der Waals surface area contributed by atoms with Gasteiger partial charge < -0.3 is 4.52 Å². The summed E-state index contributed by atoms with van der Waals surface area (Å²) in [7, 11) is 0. The first-order valence-electron chi connectivity index (χ1n) is 5.29. The topological polar surface area (TPSA) is 82.1 Å². The number of aromatic nitrogens is 2. The Bertz CT molecular complexity index is 595. The molecule has 0 saturated carbocycles. The third-order valence-corrected chi connectivity index (χ3v) is 2.19. The number of benzene rings is 1. The normalized spacial score (nSPS) is 10.1. The third-order valence-electron chi connectivity index (χ3n) is 2.19. The molecular weight excluding hydrogens is 234 g/mol. The van der Waals surface area contributed by atoms with E-state index in [0.29, 0.717) is 17.3 Å². The Morgan fingerprint density at radius 2 is 2.00 bits per heavy atom. The van der Waals surface area contributed by atoms with Crippen molar-refractivity contribution in [3.63, 3.8) is 0 Å². The van der Waals surface area contributed by atoms with Crippen LogP contribution in [0.15, 0.2) is 34.4 Å². The highest BCUT2D eigenvalue weighted by Gasteiger charge is 2.09. The van der Waals surface area contributed by atoms with Crippen LogP contribution in [-0.2, 0) is 0 Å². The number of allylic oxidation sites excluding steroid dienone is 1. The summed E-state index contributed by atoms with van der Waals surface area (Å²) in [5.74, 6) is 0.834. The number of rotatable bonds is 3. The van der Waals surface area contributed by atoms with Crippen LogP contribution in [-0.4, -0.2) is 15.1 Å². The first-order valence-corrected chi connectivity index (χ1v) is 5.29. The van der Waals surface area contributed by atoms with Crippen LogP contribution in [0.4, 0.5) is 5.69 Å². The Labute approximate surface area is 103 Å². The van der Waals surface area contributed by atoms with Gasteiger partial charge in [0.05, 0.1) is 4.92 Å². The minimum atomic E-state index is -0.450. The molecule has 0 aliphatic carbocycles. The molecule has 18 heavy (non-hydrogen) atoms. The van der Waals surface area contributed by atoms with Gasteiger partial charge >= 0.3 is 0 Å². The van der Waals surface area contributed by atoms with Crippen LogP contribution in [0.5, 0.6) is 0 Å². The monoisotopic (exact) mass is 245 g/mol. The van der Waals surface area contributed by atoms with Gasteiger partial charge in [0, 0.05) is 23.8 Å². The fourth-order valence-corrected chi connectivity index (χ4v) is 1.39. The van der Waals surface area contributed by atoms with E-state index in [1.807, 2.05) is 13.8 Å². The maximum Gasteiger partial charge on any atom is 0.269 e. The molecule has 6 nitrogen and oxygen atoms in total. The Kier molecular flexibility index (Phi) is 3.18. The maximum atomic E-state index is 10.5. The lowest BCUT2D eigenvalue weighted by atomic mass is 10.2. The summed E-state index contributed by atoms with van der Waals surface area (Å²) in [5, 5.41) is 14.3. The van der Waals surface area contributed by atoms with Gasteiger partial charge in [0.2, 0.25) is 5.82 Å². The van der Waals surface area contributed by atoms with Crippen molar-refractivity contribution in [2.45, 2.75) is 13.8 Å². The number of nitro groups is 1. The molecule has 2 aromatic rings. The predicted molar refractivity (Wildman–Crippen MR) is 65.7 cm³/mol. The molecule has 1 aromatic heterocycles. The molecule has 0 unspecified atom stereocenters. The SMILES string of the molecule is CC(C)=Cc1nc(-c2ccc([N+](=O)[O-])cc2)no1. The zero-order valence-electron chi connectivity index (χ0n) is 9.95. The average Bonchev–Trinajstić information content (AvgIpc) is 2.76. The van der Waals surface area contributed by atoms with Gasteiger partial charge in [-0.3, -0.25) is 10.1 Å². The molecule has 0 N–H and O–H groups in total. The van der Waals surface area contributed by atoms with E-state index in [4.69, 9.17) is 4.52 Å². The molecule has 1 heterocycles. The zero-order valence-corrected chi connectivity index (χ0v) is 9.95. The molecule has 92 valence electrons. The molecule has 0 saturated heterocycles. The van der Waals surface area contributed by atoms with Crippen molar-refractivity contribution in [2.24, 2.45) is 0 Å². The summed E-state index contributed by atoms with van der Waals surface area (Å²) in [4.78, 5) is 14.2. The van der Waals surface area contributed by atoms with Crippen molar-refractivity contribution in [3.05, 3.63) is 45.8 Å². The molecule has 0 spiro atoms. The molecule has 0 fully saturated rings. The van der Waals surface area contributed by atoms with Crippen LogP contribution in [0.25, 0.3) is 17.5 Å². The van der Waals surface area contributed by atoms with Gasteiger partial charge in [-0.2, -0.15) is 4.98 Å². The number of nitro benzene ring substituents is 1. The van der Waals surface area contributed by atoms with Crippen molar-refractivity contribution in [3.8, 4) is 11.4 Å². The van der Waals surface area contributed by atoms with Gasteiger partial charge in [0.15, 0.2) is 0 Å². The standard InChI is InChI=1S/C12H11N3O3/c1-8(2)7-11-13-12(14-18-11)9-3-5-10(6-4-9)15(16)17/h3-7H,1-2H3. The Hall–Kier alpha value is -2.50. The minimum absolute atomic E-state index is 0.0340. The van der Waals surface area contributed by atoms with E-state index in [-0.39, 0.29) is 5.69 Å². The molecule has 1 aromatic carbocycles. The zero-order chi connectivity index (χ0) is 13.1. The van der Waals surface area contributed by atoms with Gasteiger partial charge in [-0.05, 0) is 26.0 Å². The molecule has 0 amide bonds. The van der Waals surface area contributed by atoms with Gasteiger partial charge in [-0.1, -0.05) is 10.7 Å². The number of non-ortho nitro benzene ring substituents is 1. The molecule has 0 aliphatic rings. The van der Waals surface area contributed by atoms with E-state index >= 15 is 0 Å². The lowest BCUT2D eigenvalue weighted by molar-refractivity contribution is -0.384. The highest BCUT2D eigenvalue weighted by Crippen LogP contribution is 2.20. The molecule has 2 rings (SSSR count). The average molecular weight is 245 g/mol. The second-order valence-corrected chi connectivity index (χ2v) is 3.98. The van der Waals surface area contributed by atoms with Crippen molar-refractivity contribution in [1.29, 1.82) is 0 Å². The number of hydrogen-bond acceptors (Lipinski definition) is 5. The smallest absolute Gasteiger partial charge is 0.269 e. The molecule has 0 radical (unpaired) electrons. The Morgan fingerprint density at radius 1 is 1.33 bits per heavy atom. The highest BCUT2D eigenvalue weighted by molar-refractivity contribution is 5.58. The van der Waals surface area contributed by atoms with Gasteiger partial charge in [0.1, 0.15) is 0 Å². The van der Waals surface area contributed by atoms with Crippen LogP contribution in [0.1, 0.15) is 19.7 Å². The van der Waals surface area contributed by atoms with E-state index in [1.54, 1.807) is 18.2 Å². The van der Waals surface area contributed by atoms with Crippen molar-refractivity contribution >= 4 is 11.8 Å². The van der Waals surface area contributed by atoms with Crippen LogP contribution in [0, 0.1) is 10.1 Å². The van der Waals surface area contributed by atoms with E-state index in [1.165, 1.54) is 12.1 Å². The van der Waals surface area contributed by atoms with E-state index < -0.39 is 4.92 Å². The molecular formula is C12H11N3O3. The van der Waals surface area contributed by atoms with Crippen molar-refractivity contribution < 1.29 is 9.45 Å². The van der Waals surface area contributed by atoms with Crippen LogP contribution in [0.3, 0.4) is 0 Å². The van der Waals surface area contributed by atoms with E-state index in [0.717, 1.165) is 5.57 Å². The summed E-state index contributed by atoms with van der Waals surface area (Å²) in [5.41, 5.74) is 1.76. The summed E-state index contributed by atoms with van der Waals surface area (Å²) in [6, 6.07) is 6.00. The summed E-state index contributed by atoms with van der Waals surface area (Å²) < 4.78 is 5.04. The molecule has 0 bridgehead atoms. The second kappa shape index (κ2) is 4.79. The van der Waals surface area contributed by atoms with Gasteiger partial charge in [-0.15, -0.1) is 0 Å². The van der Waals surface area contributed by atoms with Gasteiger partial charge in [0.25, 0.3) is 11.6 Å². The van der Waals surface area contributed by atoms with E-state index in [9.17, 15) is 10.1 Å². The second-order valence-electron chi connectivity index (χ2n) is 3.98.